The van der Waals surface area contributed by atoms with Crippen molar-refractivity contribution < 1.29 is 19.2 Å². The first-order valence-corrected chi connectivity index (χ1v) is 24.0. The number of nitrogens with one attached hydrogen (secondary N) is 4. The van der Waals surface area contributed by atoms with Crippen LogP contribution in [0, 0.1) is 11.8 Å². The Kier molecular flexibility index (Phi) is 13.6. The number of piperidine rings is 2. The predicted molar refractivity (Wildman–Crippen MR) is 244 cm³/mol. The van der Waals surface area contributed by atoms with Crippen molar-refractivity contribution in [1.82, 2.24) is 50.2 Å². The third-order valence-corrected chi connectivity index (χ3v) is 14.6. The van der Waals surface area contributed by atoms with Crippen molar-refractivity contribution >= 4 is 29.4 Å². The Morgan fingerprint density at radius 3 is 1.59 bits per heavy atom. The average Bonchev–Trinajstić information content (AvgIpc) is 4.15. The van der Waals surface area contributed by atoms with Gasteiger partial charge in [-0.1, -0.05) is 65.0 Å². The molecule has 5 aliphatic rings. The van der Waals surface area contributed by atoms with E-state index in [4.69, 9.17) is 9.97 Å². The van der Waals surface area contributed by atoms with Crippen LogP contribution in [0.1, 0.15) is 153 Å². The topological polar surface area (TPSA) is 163 Å². The molecule has 2 aromatic heterocycles. The van der Waals surface area contributed by atoms with Crippen LogP contribution in [0.5, 0.6) is 0 Å². The molecule has 0 saturated carbocycles. The second kappa shape index (κ2) is 19.3. The van der Waals surface area contributed by atoms with E-state index in [0.29, 0.717) is 13.1 Å². The summed E-state index contributed by atoms with van der Waals surface area (Å²) < 4.78 is 0. The van der Waals surface area contributed by atoms with Crippen LogP contribution in [0.25, 0.3) is 16.8 Å². The van der Waals surface area contributed by atoms with Crippen LogP contribution in [0.15, 0.2) is 42.7 Å². The molecule has 1 aromatic carbocycles. The lowest BCUT2D eigenvalue weighted by Gasteiger charge is -2.33. The first kappa shape index (κ1) is 44.5. The first-order valence-electron chi connectivity index (χ1n) is 24.0. The molecule has 6 amide bonds. The number of allylic oxidation sites excluding steroid dienone is 2. The molecule has 0 spiro atoms. The summed E-state index contributed by atoms with van der Waals surface area (Å²) in [4.78, 5) is 78.6. The minimum atomic E-state index is -0.583. The summed E-state index contributed by atoms with van der Waals surface area (Å²) in [6.45, 7) is 14.6. The van der Waals surface area contributed by atoms with Gasteiger partial charge < -0.3 is 40.2 Å². The van der Waals surface area contributed by atoms with Crippen LogP contribution in [-0.2, 0) is 15.0 Å². The quantitative estimate of drug-likeness (QED) is 0.152. The maximum absolute atomic E-state index is 14.0. The van der Waals surface area contributed by atoms with E-state index < -0.39 is 12.1 Å². The summed E-state index contributed by atoms with van der Waals surface area (Å²) in [5, 5.41) is 6.17. The molecule has 1 aliphatic carbocycles. The number of urea groups is 2. The zero-order chi connectivity index (χ0) is 44.3. The molecule has 1 unspecified atom stereocenters. The van der Waals surface area contributed by atoms with Gasteiger partial charge in [0.25, 0.3) is 0 Å². The summed E-state index contributed by atoms with van der Waals surface area (Å²) in [6, 6.07) is 7.07. The smallest absolute Gasteiger partial charge is 0.318 e. The number of H-pyrrole nitrogens is 2. The Bertz CT molecular complexity index is 2110. The van der Waals surface area contributed by atoms with E-state index in [1.807, 2.05) is 59.7 Å². The van der Waals surface area contributed by atoms with E-state index in [1.54, 1.807) is 0 Å². The number of likely N-dealkylation sites (tertiary alicyclic amines) is 4. The molecule has 4 aliphatic heterocycles. The zero-order valence-electron chi connectivity index (χ0n) is 38.3. The molecule has 3 aromatic rings. The SMILES string of the molecule is CC(C)[C@H](NC(=O)N1CCCCC1)C(=O)N1CCC[C@H]1c1ncc(C2=CCC(C)(c3ccc(-c4cnc([C@@H]5CCCN5C(=O)[C@@H](NC(=O)N5CCCCC5)C(C)C)[nH]4)cc3)CC2)[nH]1. The third-order valence-electron chi connectivity index (χ3n) is 14.6. The Balaban J connectivity index is 0.881. The van der Waals surface area contributed by atoms with Gasteiger partial charge in [-0.25, -0.2) is 19.6 Å². The summed E-state index contributed by atoms with van der Waals surface area (Å²) in [7, 11) is 0. The molecule has 0 radical (unpaired) electrons. The number of amides is 6. The van der Waals surface area contributed by atoms with Gasteiger partial charge in [0.05, 0.1) is 35.9 Å². The van der Waals surface area contributed by atoms with Gasteiger partial charge in [-0.2, -0.15) is 0 Å². The minimum Gasteiger partial charge on any atom is -0.341 e. The molecule has 4 N–H and O–H groups in total. The maximum Gasteiger partial charge on any atom is 0.318 e. The summed E-state index contributed by atoms with van der Waals surface area (Å²) in [5.41, 5.74) is 5.50. The van der Waals surface area contributed by atoms with Crippen LogP contribution in [-0.4, -0.2) is 115 Å². The predicted octanol–water partition coefficient (Wildman–Crippen LogP) is 8.09. The summed E-state index contributed by atoms with van der Waals surface area (Å²) in [5.74, 6) is 1.47. The van der Waals surface area contributed by atoms with Gasteiger partial charge >= 0.3 is 12.1 Å². The largest absolute Gasteiger partial charge is 0.341 e. The van der Waals surface area contributed by atoms with Crippen molar-refractivity contribution in [1.29, 1.82) is 0 Å². The van der Waals surface area contributed by atoms with E-state index >= 15 is 0 Å². The lowest BCUT2D eigenvalue weighted by atomic mass is 9.71. The third kappa shape index (κ3) is 9.69. The Morgan fingerprint density at radius 1 is 0.651 bits per heavy atom. The van der Waals surface area contributed by atoms with Crippen molar-refractivity contribution in [2.45, 2.75) is 148 Å². The number of carbonyl (C=O) groups is 4. The van der Waals surface area contributed by atoms with Gasteiger partial charge in [0.15, 0.2) is 0 Å². The van der Waals surface area contributed by atoms with Gasteiger partial charge in [0, 0.05) is 39.3 Å². The number of carbonyl (C=O) groups excluding carboxylic acids is 4. The van der Waals surface area contributed by atoms with E-state index in [-0.39, 0.29) is 53.2 Å². The normalized spacial score (nSPS) is 24.1. The number of imidazole rings is 2. The van der Waals surface area contributed by atoms with Crippen LogP contribution in [0.2, 0.25) is 0 Å². The maximum atomic E-state index is 14.0. The number of rotatable bonds is 11. The number of hydrogen-bond donors (Lipinski definition) is 4. The van der Waals surface area contributed by atoms with Gasteiger partial charge in [0.1, 0.15) is 23.7 Å². The fourth-order valence-corrected chi connectivity index (χ4v) is 10.5. The minimum absolute atomic E-state index is 0.0235. The van der Waals surface area contributed by atoms with Crippen molar-refractivity contribution in [3.63, 3.8) is 0 Å². The van der Waals surface area contributed by atoms with Crippen LogP contribution < -0.4 is 10.6 Å². The lowest BCUT2D eigenvalue weighted by molar-refractivity contribution is -0.136. The summed E-state index contributed by atoms with van der Waals surface area (Å²) >= 11 is 0. The molecular weight excluding hydrogens is 793 g/mol. The number of hydrogen-bond acceptors (Lipinski definition) is 6. The van der Waals surface area contributed by atoms with Gasteiger partial charge in [-0.3, -0.25) is 9.59 Å². The van der Waals surface area contributed by atoms with Crippen molar-refractivity contribution in [3.05, 3.63) is 65.6 Å². The van der Waals surface area contributed by atoms with E-state index in [9.17, 15) is 19.2 Å². The molecule has 4 fully saturated rings. The molecule has 14 nitrogen and oxygen atoms in total. The second-order valence-electron chi connectivity index (χ2n) is 19.8. The van der Waals surface area contributed by atoms with Gasteiger partial charge in [-0.05, 0) is 117 Å². The Hall–Kier alpha value is -5.14. The molecule has 4 saturated heterocycles. The van der Waals surface area contributed by atoms with Crippen molar-refractivity contribution in [2.75, 3.05) is 39.3 Å². The van der Waals surface area contributed by atoms with Gasteiger partial charge in [-0.15, -0.1) is 0 Å². The fourth-order valence-electron chi connectivity index (χ4n) is 10.5. The molecule has 8 rings (SSSR count). The highest BCUT2D eigenvalue weighted by Gasteiger charge is 2.40. The molecule has 5 atom stereocenters. The molecule has 14 heteroatoms. The highest BCUT2D eigenvalue weighted by atomic mass is 16.2. The van der Waals surface area contributed by atoms with E-state index in [1.165, 1.54) is 11.1 Å². The molecule has 6 heterocycles. The lowest BCUT2D eigenvalue weighted by Crippen LogP contribution is -2.55. The van der Waals surface area contributed by atoms with Crippen LogP contribution in [0.3, 0.4) is 0 Å². The Labute approximate surface area is 373 Å². The Morgan fingerprint density at radius 2 is 1.13 bits per heavy atom. The highest BCUT2D eigenvalue weighted by Crippen LogP contribution is 2.42. The fraction of sp³-hybridized carbons (Fsp3) is 0.633. The molecule has 63 heavy (non-hydrogen) atoms. The van der Waals surface area contributed by atoms with E-state index in [0.717, 1.165) is 138 Å². The van der Waals surface area contributed by atoms with Crippen molar-refractivity contribution in [3.8, 4) is 11.3 Å². The monoisotopic (exact) mass is 863 g/mol. The molecular formula is C49H70N10O4. The van der Waals surface area contributed by atoms with Gasteiger partial charge in [0.2, 0.25) is 11.8 Å². The number of aromatic nitrogens is 4. The first-order chi connectivity index (χ1) is 30.4. The van der Waals surface area contributed by atoms with Crippen molar-refractivity contribution in [2.24, 2.45) is 11.8 Å². The van der Waals surface area contributed by atoms with Crippen LogP contribution >= 0.6 is 0 Å². The number of benzene rings is 1. The zero-order valence-corrected chi connectivity index (χ0v) is 38.3. The highest BCUT2D eigenvalue weighted by molar-refractivity contribution is 5.88. The molecule has 340 valence electrons. The number of aromatic amines is 2. The summed E-state index contributed by atoms with van der Waals surface area (Å²) in [6.07, 6.45) is 18.7. The average molecular weight is 863 g/mol. The van der Waals surface area contributed by atoms with E-state index in [2.05, 4.69) is 57.9 Å². The number of nitrogens with zero attached hydrogens (tertiary/aromatic N) is 6. The second-order valence-corrected chi connectivity index (χ2v) is 19.8. The molecule has 0 bridgehead atoms. The standard InChI is InChI=1S/C49H70N10O4/c1-32(2)41(54-47(62)56-24-8-6-9-25-56)45(60)58-28-12-14-39(58)43-50-30-37(52-43)34-16-18-36(19-17-34)49(5)22-20-35(21-23-49)38-31-51-44(53-38)40-15-13-29-59(40)46(61)42(33(3)4)55-48(63)57-26-10-7-11-27-57/h16-20,30-33,39-42H,6-15,21-29H2,1-5H3,(H,50,52)(H,51,53)(H,54,62)(H,55,63)/t39-,40-,41-,42-,49?/m0/s1. The van der Waals surface area contributed by atoms with Crippen LogP contribution in [0.4, 0.5) is 9.59 Å².